The Bertz CT molecular complexity index is 331. The predicted molar refractivity (Wildman–Crippen MR) is 63.7 cm³/mol. The van der Waals surface area contributed by atoms with Gasteiger partial charge in [-0.15, -0.1) is 0 Å². The smallest absolute Gasteiger partial charge is 0.338 e. The maximum atomic E-state index is 11.1. The zero-order valence-corrected chi connectivity index (χ0v) is 10.1. The van der Waals surface area contributed by atoms with E-state index in [2.05, 4.69) is 17.4 Å². The first kappa shape index (κ1) is 14.4. The van der Waals surface area contributed by atoms with Crippen molar-refractivity contribution in [1.29, 1.82) is 0 Å². The molecule has 16 heavy (non-hydrogen) atoms. The minimum atomic E-state index is -0.724. The number of carbonyl (C=O) groups excluding carboxylic acids is 2. The Morgan fingerprint density at radius 2 is 1.81 bits per heavy atom. The minimum absolute atomic E-state index is 0.639. The lowest BCUT2D eigenvalue weighted by molar-refractivity contribution is -0.152. The van der Waals surface area contributed by atoms with E-state index in [0.29, 0.717) is 0 Å². The standard InChI is InChI=1S/C13H18O3/c1-5-12(14)16-13(15)9-11(4)8-6-7-10(2)3/h5,7,9H,1,6,8H2,2-4H3/b11-9-. The molecule has 0 saturated heterocycles. The van der Waals surface area contributed by atoms with Crippen molar-refractivity contribution >= 4 is 11.9 Å². The Morgan fingerprint density at radius 1 is 1.19 bits per heavy atom. The summed E-state index contributed by atoms with van der Waals surface area (Å²) in [5.41, 5.74) is 2.14. The Kier molecular flexibility index (Phi) is 6.84. The van der Waals surface area contributed by atoms with Crippen molar-refractivity contribution in [3.05, 3.63) is 36.0 Å². The first-order chi connectivity index (χ1) is 7.45. The van der Waals surface area contributed by atoms with E-state index in [-0.39, 0.29) is 0 Å². The molecule has 0 aromatic heterocycles. The molecule has 0 heterocycles. The van der Waals surface area contributed by atoms with Gasteiger partial charge in [0.15, 0.2) is 0 Å². The number of rotatable bonds is 5. The van der Waals surface area contributed by atoms with Crippen LogP contribution in [0.3, 0.4) is 0 Å². The van der Waals surface area contributed by atoms with Gasteiger partial charge < -0.3 is 4.74 Å². The van der Waals surface area contributed by atoms with Crippen LogP contribution in [0.2, 0.25) is 0 Å². The van der Waals surface area contributed by atoms with E-state index in [1.807, 2.05) is 20.8 Å². The average molecular weight is 222 g/mol. The van der Waals surface area contributed by atoms with E-state index in [0.717, 1.165) is 24.5 Å². The van der Waals surface area contributed by atoms with Gasteiger partial charge in [-0.25, -0.2) is 9.59 Å². The zero-order chi connectivity index (χ0) is 12.6. The lowest BCUT2D eigenvalue weighted by Crippen LogP contribution is -2.07. The van der Waals surface area contributed by atoms with Gasteiger partial charge in [0, 0.05) is 12.2 Å². The van der Waals surface area contributed by atoms with Crippen LogP contribution < -0.4 is 0 Å². The SMILES string of the molecule is C=CC(=O)OC(=O)/C=C(/C)CCC=C(C)C. The van der Waals surface area contributed by atoms with Crippen molar-refractivity contribution in [2.45, 2.75) is 33.6 Å². The maximum Gasteiger partial charge on any atom is 0.338 e. The Labute approximate surface area is 96.5 Å². The third kappa shape index (κ3) is 7.74. The highest BCUT2D eigenvalue weighted by Crippen LogP contribution is 2.06. The van der Waals surface area contributed by atoms with Gasteiger partial charge in [-0.05, 0) is 33.6 Å². The molecule has 0 rings (SSSR count). The highest BCUT2D eigenvalue weighted by molar-refractivity contribution is 5.96. The third-order valence-corrected chi connectivity index (χ3v) is 1.82. The Morgan fingerprint density at radius 3 is 2.31 bits per heavy atom. The molecule has 0 aromatic carbocycles. The van der Waals surface area contributed by atoms with Crippen LogP contribution in [0, 0.1) is 0 Å². The second-order valence-corrected chi connectivity index (χ2v) is 3.76. The van der Waals surface area contributed by atoms with E-state index < -0.39 is 11.9 Å². The van der Waals surface area contributed by atoms with Crippen LogP contribution in [0.1, 0.15) is 33.6 Å². The summed E-state index contributed by atoms with van der Waals surface area (Å²) in [5.74, 6) is -1.36. The van der Waals surface area contributed by atoms with Gasteiger partial charge in [0.25, 0.3) is 0 Å². The van der Waals surface area contributed by atoms with Crippen LogP contribution in [0.4, 0.5) is 0 Å². The molecule has 0 saturated carbocycles. The summed E-state index contributed by atoms with van der Waals surface area (Å²) in [6, 6.07) is 0. The molecular weight excluding hydrogens is 204 g/mol. The van der Waals surface area contributed by atoms with Crippen molar-refractivity contribution in [3.63, 3.8) is 0 Å². The van der Waals surface area contributed by atoms with Gasteiger partial charge in [-0.2, -0.15) is 0 Å². The van der Waals surface area contributed by atoms with Crippen LogP contribution in [0.15, 0.2) is 36.0 Å². The fourth-order valence-corrected chi connectivity index (χ4v) is 1.03. The zero-order valence-electron chi connectivity index (χ0n) is 10.1. The number of carbonyl (C=O) groups is 2. The molecule has 0 spiro atoms. The van der Waals surface area contributed by atoms with Crippen molar-refractivity contribution in [2.24, 2.45) is 0 Å². The van der Waals surface area contributed by atoms with Gasteiger partial charge in [0.05, 0.1) is 0 Å². The van der Waals surface area contributed by atoms with E-state index in [4.69, 9.17) is 0 Å². The summed E-state index contributed by atoms with van der Waals surface area (Å²) in [7, 11) is 0. The van der Waals surface area contributed by atoms with E-state index in [9.17, 15) is 9.59 Å². The first-order valence-corrected chi connectivity index (χ1v) is 5.14. The van der Waals surface area contributed by atoms with Crippen LogP contribution in [0.5, 0.6) is 0 Å². The highest BCUT2D eigenvalue weighted by atomic mass is 16.6. The van der Waals surface area contributed by atoms with Gasteiger partial charge in [-0.1, -0.05) is 23.8 Å². The molecule has 0 fully saturated rings. The highest BCUT2D eigenvalue weighted by Gasteiger charge is 2.03. The number of esters is 2. The topological polar surface area (TPSA) is 43.4 Å². The van der Waals surface area contributed by atoms with Crippen LogP contribution >= 0.6 is 0 Å². The fraction of sp³-hybridized carbons (Fsp3) is 0.385. The van der Waals surface area contributed by atoms with Gasteiger partial charge >= 0.3 is 11.9 Å². The van der Waals surface area contributed by atoms with Crippen LogP contribution in [-0.4, -0.2) is 11.9 Å². The molecule has 0 aromatic rings. The molecule has 0 N–H and O–H groups in total. The molecule has 0 unspecified atom stereocenters. The quantitative estimate of drug-likeness (QED) is 0.311. The molecule has 0 aliphatic carbocycles. The molecule has 0 atom stereocenters. The maximum absolute atomic E-state index is 11.1. The second kappa shape index (κ2) is 7.63. The first-order valence-electron chi connectivity index (χ1n) is 5.14. The summed E-state index contributed by atoms with van der Waals surface area (Å²) in [6.45, 7) is 9.09. The van der Waals surface area contributed by atoms with E-state index in [1.165, 1.54) is 11.6 Å². The number of hydrogen-bond donors (Lipinski definition) is 0. The number of allylic oxidation sites excluding steroid dienone is 3. The summed E-state index contributed by atoms with van der Waals surface area (Å²) in [4.78, 5) is 21.8. The number of hydrogen-bond acceptors (Lipinski definition) is 3. The molecule has 0 aliphatic heterocycles. The summed E-state index contributed by atoms with van der Waals surface area (Å²) < 4.78 is 4.41. The fourth-order valence-electron chi connectivity index (χ4n) is 1.03. The predicted octanol–water partition coefficient (Wildman–Crippen LogP) is 2.93. The Hall–Kier alpha value is -1.64. The normalized spacial score (nSPS) is 10.6. The number of ether oxygens (including phenoxy) is 1. The third-order valence-electron chi connectivity index (χ3n) is 1.82. The van der Waals surface area contributed by atoms with Gasteiger partial charge in [-0.3, -0.25) is 0 Å². The summed E-state index contributed by atoms with van der Waals surface area (Å²) in [5, 5.41) is 0. The van der Waals surface area contributed by atoms with Gasteiger partial charge in [0.1, 0.15) is 0 Å². The molecule has 0 amide bonds. The molecular formula is C13H18O3. The van der Waals surface area contributed by atoms with E-state index >= 15 is 0 Å². The second-order valence-electron chi connectivity index (χ2n) is 3.76. The summed E-state index contributed by atoms with van der Waals surface area (Å²) in [6.07, 6.45) is 6.05. The molecule has 0 radical (unpaired) electrons. The van der Waals surface area contributed by atoms with Gasteiger partial charge in [0.2, 0.25) is 0 Å². The minimum Gasteiger partial charge on any atom is -0.387 e. The van der Waals surface area contributed by atoms with Crippen molar-refractivity contribution in [3.8, 4) is 0 Å². The Balaban J connectivity index is 4.11. The lowest BCUT2D eigenvalue weighted by atomic mass is 10.1. The largest absolute Gasteiger partial charge is 0.387 e. The molecule has 0 aliphatic rings. The summed E-state index contributed by atoms with van der Waals surface area (Å²) >= 11 is 0. The monoisotopic (exact) mass is 222 g/mol. The molecule has 3 nitrogen and oxygen atoms in total. The molecule has 88 valence electrons. The van der Waals surface area contributed by atoms with E-state index in [1.54, 1.807) is 0 Å². The van der Waals surface area contributed by atoms with Crippen molar-refractivity contribution < 1.29 is 14.3 Å². The average Bonchev–Trinajstić information content (AvgIpc) is 2.16. The lowest BCUT2D eigenvalue weighted by Gasteiger charge is -1.99. The molecule has 0 bridgehead atoms. The molecule has 3 heteroatoms. The van der Waals surface area contributed by atoms with Crippen LogP contribution in [0.25, 0.3) is 0 Å². The van der Waals surface area contributed by atoms with Crippen LogP contribution in [-0.2, 0) is 14.3 Å². The van der Waals surface area contributed by atoms with Crippen molar-refractivity contribution in [2.75, 3.05) is 0 Å². The van der Waals surface area contributed by atoms with Crippen molar-refractivity contribution in [1.82, 2.24) is 0 Å².